The number of phenols is 1. The van der Waals surface area contributed by atoms with Crippen LogP contribution in [0.25, 0.3) is 0 Å². The number of rotatable bonds is 10. The summed E-state index contributed by atoms with van der Waals surface area (Å²) in [6.45, 7) is -0.481. The van der Waals surface area contributed by atoms with Gasteiger partial charge in [-0.25, -0.2) is 13.8 Å². The van der Waals surface area contributed by atoms with Crippen LogP contribution in [-0.4, -0.2) is 50.7 Å². The number of methoxy groups -OCH3 is 2. The van der Waals surface area contributed by atoms with E-state index in [0.29, 0.717) is 16.9 Å². The normalized spacial score (nSPS) is 11.5. The quantitative estimate of drug-likeness (QED) is 0.338. The van der Waals surface area contributed by atoms with Gasteiger partial charge in [-0.15, -0.1) is 0 Å². The lowest BCUT2D eigenvalue weighted by molar-refractivity contribution is -0.121. The first kappa shape index (κ1) is 24.7. The fourth-order valence-electron chi connectivity index (χ4n) is 3.07. The summed E-state index contributed by atoms with van der Waals surface area (Å²) in [7, 11) is -1.21. The molecule has 10 heteroatoms. The second-order valence-corrected chi connectivity index (χ2v) is 9.10. The summed E-state index contributed by atoms with van der Waals surface area (Å²) in [6, 6.07) is 19.4. The smallest absolute Gasteiger partial charge is 0.255 e. The Kier molecular flexibility index (Phi) is 8.23. The van der Waals surface area contributed by atoms with Crippen LogP contribution in [0.15, 0.2) is 82.8 Å². The Hall–Kier alpha value is -3.89. The minimum Gasteiger partial charge on any atom is -0.508 e. The summed E-state index contributed by atoms with van der Waals surface area (Å²) >= 11 is 0. The summed E-state index contributed by atoms with van der Waals surface area (Å²) in [5.74, 6) is 0.136. The van der Waals surface area contributed by atoms with Crippen LogP contribution in [0.2, 0.25) is 0 Å². The molecule has 34 heavy (non-hydrogen) atoms. The molecule has 0 spiro atoms. The van der Waals surface area contributed by atoms with Gasteiger partial charge in [0.05, 0.1) is 31.9 Å². The van der Waals surface area contributed by atoms with Crippen molar-refractivity contribution in [2.75, 3.05) is 20.8 Å². The molecule has 1 amide bonds. The second kappa shape index (κ2) is 11.3. The number of nitrogens with one attached hydrogen (secondary N) is 1. The van der Waals surface area contributed by atoms with Gasteiger partial charge in [-0.3, -0.25) is 4.79 Å². The van der Waals surface area contributed by atoms with E-state index in [9.17, 15) is 18.3 Å². The number of hydrazone groups is 1. The van der Waals surface area contributed by atoms with Crippen molar-refractivity contribution in [1.29, 1.82) is 0 Å². The minimum atomic E-state index is -4.08. The lowest BCUT2D eigenvalue weighted by Gasteiger charge is -2.22. The van der Waals surface area contributed by atoms with E-state index in [1.54, 1.807) is 36.4 Å². The van der Waals surface area contributed by atoms with E-state index in [0.717, 1.165) is 4.31 Å². The second-order valence-electron chi connectivity index (χ2n) is 7.16. The van der Waals surface area contributed by atoms with E-state index < -0.39 is 22.5 Å². The fraction of sp³-hybridized carbons (Fsp3) is 0.167. The van der Waals surface area contributed by atoms with Crippen molar-refractivity contribution >= 4 is 22.1 Å². The van der Waals surface area contributed by atoms with Crippen LogP contribution >= 0.6 is 0 Å². The van der Waals surface area contributed by atoms with Gasteiger partial charge >= 0.3 is 0 Å². The maximum absolute atomic E-state index is 13.5. The SMILES string of the molecule is COc1ccc(S(=O)(=O)N(CC(=O)N/N=C\c2ccc(O)cc2)Cc2ccccc2)cc1OC. The van der Waals surface area contributed by atoms with Gasteiger partial charge in [0, 0.05) is 12.6 Å². The molecule has 0 heterocycles. The Morgan fingerprint density at radius 2 is 1.68 bits per heavy atom. The number of carbonyl (C=O) groups is 1. The number of nitrogens with zero attached hydrogens (tertiary/aromatic N) is 2. The standard InChI is InChI=1S/C24H25N3O6S/c1-32-22-13-12-21(14-23(22)33-2)34(30,31)27(16-19-6-4-3-5-7-19)17-24(29)26-25-15-18-8-10-20(28)11-9-18/h3-15,28H,16-17H2,1-2H3,(H,26,29)/b25-15-. The molecule has 3 aromatic carbocycles. The summed E-state index contributed by atoms with van der Waals surface area (Å²) in [5, 5.41) is 13.2. The van der Waals surface area contributed by atoms with Gasteiger partial charge in [-0.05, 0) is 47.5 Å². The summed E-state index contributed by atoms with van der Waals surface area (Å²) in [6.07, 6.45) is 1.39. The molecule has 0 bridgehead atoms. The Morgan fingerprint density at radius 3 is 2.32 bits per heavy atom. The first-order valence-corrected chi connectivity index (χ1v) is 11.6. The summed E-state index contributed by atoms with van der Waals surface area (Å²) in [5.41, 5.74) is 3.71. The third-order valence-corrected chi connectivity index (χ3v) is 6.60. The van der Waals surface area contributed by atoms with Gasteiger partial charge in [0.25, 0.3) is 5.91 Å². The van der Waals surface area contributed by atoms with Gasteiger partial charge in [-0.2, -0.15) is 9.41 Å². The molecule has 3 aromatic rings. The van der Waals surface area contributed by atoms with Crippen molar-refractivity contribution in [1.82, 2.24) is 9.73 Å². The molecular weight excluding hydrogens is 458 g/mol. The number of hydrogen-bond acceptors (Lipinski definition) is 7. The van der Waals surface area contributed by atoms with Crippen molar-refractivity contribution in [3.8, 4) is 17.2 Å². The molecule has 0 aromatic heterocycles. The van der Waals surface area contributed by atoms with Gasteiger partial charge in [0.15, 0.2) is 11.5 Å². The number of phenolic OH excluding ortho intramolecular Hbond substituents is 1. The third-order valence-electron chi connectivity index (χ3n) is 4.81. The Balaban J connectivity index is 1.83. The Bertz CT molecular complexity index is 1250. The van der Waals surface area contributed by atoms with E-state index in [2.05, 4.69) is 10.5 Å². The molecule has 178 valence electrons. The van der Waals surface area contributed by atoms with Crippen molar-refractivity contribution in [3.63, 3.8) is 0 Å². The van der Waals surface area contributed by atoms with Gasteiger partial charge < -0.3 is 14.6 Å². The Labute approximate surface area is 198 Å². The molecule has 3 rings (SSSR count). The predicted octanol–water partition coefficient (Wildman–Crippen LogP) is 2.75. The summed E-state index contributed by atoms with van der Waals surface area (Å²) in [4.78, 5) is 12.5. The molecule has 0 unspecified atom stereocenters. The lowest BCUT2D eigenvalue weighted by Crippen LogP contribution is -2.39. The highest BCUT2D eigenvalue weighted by molar-refractivity contribution is 7.89. The van der Waals surface area contributed by atoms with Crippen molar-refractivity contribution in [2.45, 2.75) is 11.4 Å². The van der Waals surface area contributed by atoms with E-state index in [4.69, 9.17) is 9.47 Å². The molecule has 0 aliphatic heterocycles. The molecule has 0 fully saturated rings. The molecule has 0 aliphatic rings. The van der Waals surface area contributed by atoms with Crippen LogP contribution in [-0.2, 0) is 21.4 Å². The molecule has 0 saturated heterocycles. The average Bonchev–Trinajstić information content (AvgIpc) is 2.85. The summed E-state index contributed by atoms with van der Waals surface area (Å²) < 4.78 is 38.4. The van der Waals surface area contributed by atoms with Crippen molar-refractivity contribution < 1.29 is 27.8 Å². The predicted molar refractivity (Wildman–Crippen MR) is 127 cm³/mol. The van der Waals surface area contributed by atoms with E-state index in [-0.39, 0.29) is 22.9 Å². The van der Waals surface area contributed by atoms with Crippen molar-refractivity contribution in [3.05, 3.63) is 83.9 Å². The lowest BCUT2D eigenvalue weighted by atomic mass is 10.2. The topological polar surface area (TPSA) is 118 Å². The zero-order valence-corrected chi connectivity index (χ0v) is 19.5. The first-order chi connectivity index (χ1) is 16.3. The number of carbonyl (C=O) groups excluding carboxylic acids is 1. The van der Waals surface area contributed by atoms with Crippen molar-refractivity contribution in [2.24, 2.45) is 5.10 Å². The zero-order valence-electron chi connectivity index (χ0n) is 18.7. The zero-order chi connectivity index (χ0) is 24.6. The van der Waals surface area contributed by atoms with Gasteiger partial charge in [0.2, 0.25) is 10.0 Å². The maximum Gasteiger partial charge on any atom is 0.255 e. The average molecular weight is 484 g/mol. The Morgan fingerprint density at radius 1 is 1.00 bits per heavy atom. The number of benzene rings is 3. The molecular formula is C24H25N3O6S. The molecule has 9 nitrogen and oxygen atoms in total. The van der Waals surface area contributed by atoms with Crippen LogP contribution in [0.1, 0.15) is 11.1 Å². The van der Waals surface area contributed by atoms with E-state index >= 15 is 0 Å². The fourth-order valence-corrected chi connectivity index (χ4v) is 4.47. The molecule has 0 aliphatic carbocycles. The largest absolute Gasteiger partial charge is 0.508 e. The van der Waals surface area contributed by atoms with Gasteiger partial charge in [0.1, 0.15) is 5.75 Å². The van der Waals surface area contributed by atoms with Crippen LogP contribution in [0, 0.1) is 0 Å². The van der Waals surface area contributed by atoms with Crippen LogP contribution in [0.4, 0.5) is 0 Å². The minimum absolute atomic E-state index is 0.0212. The molecule has 0 radical (unpaired) electrons. The number of sulfonamides is 1. The highest BCUT2D eigenvalue weighted by atomic mass is 32.2. The number of ether oxygens (including phenoxy) is 2. The molecule has 0 atom stereocenters. The number of hydrogen-bond donors (Lipinski definition) is 2. The van der Waals surface area contributed by atoms with Gasteiger partial charge in [-0.1, -0.05) is 30.3 Å². The molecule has 0 saturated carbocycles. The highest BCUT2D eigenvalue weighted by Gasteiger charge is 2.28. The van der Waals surface area contributed by atoms with Crippen LogP contribution < -0.4 is 14.9 Å². The highest BCUT2D eigenvalue weighted by Crippen LogP contribution is 2.31. The van der Waals surface area contributed by atoms with E-state index in [1.165, 1.54) is 50.8 Å². The number of amides is 1. The maximum atomic E-state index is 13.5. The third kappa shape index (κ3) is 6.33. The van der Waals surface area contributed by atoms with Crippen LogP contribution in [0.3, 0.4) is 0 Å². The number of aromatic hydroxyl groups is 1. The first-order valence-electron chi connectivity index (χ1n) is 10.2. The molecule has 2 N–H and O–H groups in total. The van der Waals surface area contributed by atoms with E-state index in [1.807, 2.05) is 6.07 Å². The van der Waals surface area contributed by atoms with Crippen LogP contribution in [0.5, 0.6) is 17.2 Å². The monoisotopic (exact) mass is 483 g/mol.